The first kappa shape index (κ1) is 13.2. The first-order valence-electron chi connectivity index (χ1n) is 7.39. The number of hydrogen-bond acceptors (Lipinski definition) is 2. The van der Waals surface area contributed by atoms with Crippen LogP contribution in [0.1, 0.15) is 42.7 Å². The predicted molar refractivity (Wildman–Crippen MR) is 76.3 cm³/mol. The molecular formula is C16H20N2O2. The van der Waals surface area contributed by atoms with Crippen molar-refractivity contribution in [2.24, 2.45) is 0 Å². The summed E-state index contributed by atoms with van der Waals surface area (Å²) in [6.07, 6.45) is 4.30. The van der Waals surface area contributed by atoms with E-state index in [1.807, 2.05) is 12.1 Å². The van der Waals surface area contributed by atoms with Gasteiger partial charge in [-0.1, -0.05) is 24.3 Å². The minimum absolute atomic E-state index is 0.0300. The zero-order valence-electron chi connectivity index (χ0n) is 11.5. The second-order valence-corrected chi connectivity index (χ2v) is 5.69. The minimum Gasteiger partial charge on any atom is -0.354 e. The van der Waals surface area contributed by atoms with E-state index in [2.05, 4.69) is 22.8 Å². The minimum atomic E-state index is -0.0300. The van der Waals surface area contributed by atoms with Gasteiger partial charge in [-0.2, -0.15) is 0 Å². The van der Waals surface area contributed by atoms with E-state index in [0.717, 1.165) is 25.7 Å². The van der Waals surface area contributed by atoms with Crippen LogP contribution in [0.25, 0.3) is 0 Å². The fourth-order valence-electron chi connectivity index (χ4n) is 3.18. The molecule has 106 valence electrons. The fourth-order valence-corrected chi connectivity index (χ4v) is 3.18. The highest BCUT2D eigenvalue weighted by atomic mass is 16.2. The molecule has 2 unspecified atom stereocenters. The standard InChI is InChI=1S/C16H20N2O2/c19-15-9-8-12(10-17-15)18-16(20)14-7-3-5-11-4-1-2-6-13(11)14/h1-2,4,6,12,14H,3,5,7-10H2,(H,17,19)(H,18,20). The molecule has 0 bridgehead atoms. The van der Waals surface area contributed by atoms with Gasteiger partial charge in [-0.15, -0.1) is 0 Å². The zero-order valence-corrected chi connectivity index (χ0v) is 11.5. The van der Waals surface area contributed by atoms with Gasteiger partial charge >= 0.3 is 0 Å². The van der Waals surface area contributed by atoms with Gasteiger partial charge in [-0.3, -0.25) is 9.59 Å². The van der Waals surface area contributed by atoms with Crippen LogP contribution in [0.5, 0.6) is 0 Å². The monoisotopic (exact) mass is 272 g/mol. The van der Waals surface area contributed by atoms with Gasteiger partial charge in [0.2, 0.25) is 11.8 Å². The average molecular weight is 272 g/mol. The Bertz CT molecular complexity index is 517. The molecule has 2 amide bonds. The topological polar surface area (TPSA) is 58.2 Å². The molecule has 1 saturated heterocycles. The summed E-state index contributed by atoms with van der Waals surface area (Å²) in [7, 11) is 0. The van der Waals surface area contributed by atoms with E-state index in [1.54, 1.807) is 0 Å². The number of hydrogen-bond donors (Lipinski definition) is 2. The molecule has 4 heteroatoms. The number of rotatable bonds is 2. The maximum Gasteiger partial charge on any atom is 0.227 e. The van der Waals surface area contributed by atoms with Gasteiger partial charge in [0.1, 0.15) is 0 Å². The first-order chi connectivity index (χ1) is 9.74. The summed E-state index contributed by atoms with van der Waals surface area (Å²) < 4.78 is 0. The molecule has 4 nitrogen and oxygen atoms in total. The molecule has 20 heavy (non-hydrogen) atoms. The van der Waals surface area contributed by atoms with E-state index in [4.69, 9.17) is 0 Å². The highest BCUT2D eigenvalue weighted by Gasteiger charge is 2.28. The van der Waals surface area contributed by atoms with Crippen molar-refractivity contribution in [3.63, 3.8) is 0 Å². The zero-order chi connectivity index (χ0) is 13.9. The second-order valence-electron chi connectivity index (χ2n) is 5.69. The Balaban J connectivity index is 1.67. The van der Waals surface area contributed by atoms with Gasteiger partial charge in [0, 0.05) is 19.0 Å². The number of benzene rings is 1. The maximum absolute atomic E-state index is 12.5. The summed E-state index contributed by atoms with van der Waals surface area (Å²) in [6.45, 7) is 0.555. The van der Waals surface area contributed by atoms with Gasteiger partial charge in [-0.25, -0.2) is 0 Å². The molecule has 0 radical (unpaired) electrons. The lowest BCUT2D eigenvalue weighted by atomic mass is 9.82. The number of nitrogens with one attached hydrogen (secondary N) is 2. The highest BCUT2D eigenvalue weighted by Crippen LogP contribution is 2.31. The van der Waals surface area contributed by atoms with E-state index < -0.39 is 0 Å². The maximum atomic E-state index is 12.5. The van der Waals surface area contributed by atoms with E-state index in [9.17, 15) is 9.59 Å². The molecule has 1 aromatic carbocycles. The molecule has 1 heterocycles. The SMILES string of the molecule is O=C1CCC(NC(=O)C2CCCc3ccccc32)CN1. The highest BCUT2D eigenvalue weighted by molar-refractivity contribution is 5.85. The molecule has 1 aliphatic heterocycles. The summed E-state index contributed by atoms with van der Waals surface area (Å²) in [6, 6.07) is 8.31. The van der Waals surface area contributed by atoms with Crippen LogP contribution < -0.4 is 10.6 Å². The molecule has 2 N–H and O–H groups in total. The number of carbonyl (C=O) groups is 2. The van der Waals surface area contributed by atoms with Crippen molar-refractivity contribution in [3.05, 3.63) is 35.4 Å². The van der Waals surface area contributed by atoms with Crippen LogP contribution >= 0.6 is 0 Å². The number of fused-ring (bicyclic) bond motifs is 1. The molecule has 2 atom stereocenters. The van der Waals surface area contributed by atoms with Gasteiger partial charge in [0.25, 0.3) is 0 Å². The third-order valence-electron chi connectivity index (χ3n) is 4.30. The lowest BCUT2D eigenvalue weighted by Crippen LogP contribution is -2.49. The van der Waals surface area contributed by atoms with Crippen molar-refractivity contribution in [1.29, 1.82) is 0 Å². The van der Waals surface area contributed by atoms with Crippen molar-refractivity contribution in [1.82, 2.24) is 10.6 Å². The molecule has 0 saturated carbocycles. The molecule has 2 aliphatic rings. The molecule has 0 spiro atoms. The molecular weight excluding hydrogens is 252 g/mol. The van der Waals surface area contributed by atoms with Crippen LogP contribution in [0.4, 0.5) is 0 Å². The van der Waals surface area contributed by atoms with Crippen molar-refractivity contribution in [2.45, 2.75) is 44.1 Å². The smallest absolute Gasteiger partial charge is 0.227 e. The molecule has 3 rings (SSSR count). The number of amides is 2. The second kappa shape index (κ2) is 5.65. The van der Waals surface area contributed by atoms with Crippen molar-refractivity contribution in [3.8, 4) is 0 Å². The van der Waals surface area contributed by atoms with E-state index >= 15 is 0 Å². The van der Waals surface area contributed by atoms with Gasteiger partial charge in [0.15, 0.2) is 0 Å². The Labute approximate surface area is 118 Å². The average Bonchev–Trinajstić information content (AvgIpc) is 2.49. The van der Waals surface area contributed by atoms with Crippen molar-refractivity contribution < 1.29 is 9.59 Å². The Hall–Kier alpha value is -1.84. The Morgan fingerprint density at radius 2 is 2.05 bits per heavy atom. The van der Waals surface area contributed by atoms with Crippen LogP contribution in [-0.2, 0) is 16.0 Å². The van der Waals surface area contributed by atoms with Crippen molar-refractivity contribution in [2.75, 3.05) is 6.54 Å². The normalized spacial score (nSPS) is 25.5. The van der Waals surface area contributed by atoms with Crippen LogP contribution in [0.3, 0.4) is 0 Å². The Kier molecular flexibility index (Phi) is 3.72. The van der Waals surface area contributed by atoms with Crippen LogP contribution in [0, 0.1) is 0 Å². The summed E-state index contributed by atoms with van der Waals surface area (Å²) in [5.41, 5.74) is 2.48. The molecule has 1 aliphatic carbocycles. The van der Waals surface area contributed by atoms with Crippen LogP contribution in [0.2, 0.25) is 0 Å². The summed E-state index contributed by atoms with van der Waals surface area (Å²) in [5, 5.41) is 5.90. The van der Waals surface area contributed by atoms with Crippen LogP contribution in [-0.4, -0.2) is 24.4 Å². The molecule has 1 aromatic rings. The number of aryl methyl sites for hydroxylation is 1. The largest absolute Gasteiger partial charge is 0.354 e. The third-order valence-corrected chi connectivity index (χ3v) is 4.30. The van der Waals surface area contributed by atoms with Gasteiger partial charge < -0.3 is 10.6 Å². The first-order valence-corrected chi connectivity index (χ1v) is 7.39. The Morgan fingerprint density at radius 3 is 2.85 bits per heavy atom. The lowest BCUT2D eigenvalue weighted by molar-refractivity contribution is -0.126. The number of carbonyl (C=O) groups excluding carboxylic acids is 2. The lowest BCUT2D eigenvalue weighted by Gasteiger charge is -2.28. The number of piperidine rings is 1. The van der Waals surface area contributed by atoms with E-state index in [0.29, 0.717) is 13.0 Å². The van der Waals surface area contributed by atoms with E-state index in [1.165, 1.54) is 11.1 Å². The summed E-state index contributed by atoms with van der Waals surface area (Å²) >= 11 is 0. The van der Waals surface area contributed by atoms with Gasteiger partial charge in [-0.05, 0) is 36.8 Å². The molecule has 0 aromatic heterocycles. The predicted octanol–water partition coefficient (Wildman–Crippen LogP) is 1.50. The van der Waals surface area contributed by atoms with Gasteiger partial charge in [0.05, 0.1) is 5.92 Å². The van der Waals surface area contributed by atoms with Crippen LogP contribution in [0.15, 0.2) is 24.3 Å². The quantitative estimate of drug-likeness (QED) is 0.857. The molecule has 1 fully saturated rings. The van der Waals surface area contributed by atoms with Crippen molar-refractivity contribution >= 4 is 11.8 Å². The summed E-state index contributed by atoms with van der Waals surface area (Å²) in [4.78, 5) is 23.6. The Morgan fingerprint density at radius 1 is 1.20 bits per heavy atom. The third kappa shape index (κ3) is 2.69. The fraction of sp³-hybridized carbons (Fsp3) is 0.500. The summed E-state index contributed by atoms with van der Waals surface area (Å²) in [5.74, 6) is 0.161. The van der Waals surface area contributed by atoms with E-state index in [-0.39, 0.29) is 23.8 Å².